The highest BCUT2D eigenvalue weighted by molar-refractivity contribution is 5.80. The maximum Gasteiger partial charge on any atom is 0.348 e. The van der Waals surface area contributed by atoms with Crippen LogP contribution < -0.4 is 4.74 Å². The van der Waals surface area contributed by atoms with Crippen molar-refractivity contribution in [3.8, 4) is 5.75 Å². The van der Waals surface area contributed by atoms with E-state index in [1.807, 2.05) is 0 Å². The summed E-state index contributed by atoms with van der Waals surface area (Å²) < 4.78 is 5.89. The van der Waals surface area contributed by atoms with Crippen molar-refractivity contribution in [1.29, 1.82) is 0 Å². The van der Waals surface area contributed by atoms with E-state index in [1.165, 1.54) is 0 Å². The Hall–Kier alpha value is -2.37. The summed E-state index contributed by atoms with van der Waals surface area (Å²) >= 11 is 0. The topological polar surface area (TPSA) is 79.7 Å². The first kappa shape index (κ1) is 17.5. The molecule has 1 aliphatic heterocycles. The number of amides is 1. The summed E-state index contributed by atoms with van der Waals surface area (Å²) in [6, 6.07) is 3.46. The van der Waals surface area contributed by atoms with Crippen LogP contribution in [0.3, 0.4) is 0 Å². The lowest BCUT2D eigenvalue weighted by Gasteiger charge is -2.39. The average molecular weight is 344 g/mol. The molecule has 1 aromatic heterocycles. The number of carbonyl (C=O) groups is 2. The fraction of sp³-hybridized carbons (Fsp3) is 0.526. The van der Waals surface area contributed by atoms with Crippen LogP contribution in [0, 0.1) is 12.8 Å². The highest BCUT2D eigenvalue weighted by Crippen LogP contribution is 2.31. The third kappa shape index (κ3) is 3.83. The van der Waals surface area contributed by atoms with Gasteiger partial charge in [-0.2, -0.15) is 0 Å². The zero-order chi connectivity index (χ0) is 17.9. The normalized spacial score (nSPS) is 22.0. The zero-order valence-corrected chi connectivity index (χ0v) is 14.5. The van der Waals surface area contributed by atoms with Gasteiger partial charge in [-0.15, -0.1) is 0 Å². The first-order valence-electron chi connectivity index (χ1n) is 8.79. The summed E-state index contributed by atoms with van der Waals surface area (Å²) in [5.41, 5.74) is -0.632. The van der Waals surface area contributed by atoms with E-state index in [0.717, 1.165) is 12.8 Å². The number of ether oxygens (including phenoxy) is 1. The van der Waals surface area contributed by atoms with E-state index in [4.69, 9.17) is 4.74 Å². The molecular weight excluding hydrogens is 320 g/mol. The number of carboxylic acids is 1. The average Bonchev–Trinajstić information content (AvgIpc) is 3.10. The molecule has 0 saturated carbocycles. The van der Waals surface area contributed by atoms with E-state index in [-0.39, 0.29) is 18.7 Å². The van der Waals surface area contributed by atoms with Gasteiger partial charge in [0.25, 0.3) is 0 Å². The van der Waals surface area contributed by atoms with Gasteiger partial charge >= 0.3 is 5.97 Å². The van der Waals surface area contributed by atoms with Gasteiger partial charge < -0.3 is 14.7 Å². The minimum Gasteiger partial charge on any atom is -0.478 e. The number of hydrogen-bond donors (Lipinski definition) is 1. The van der Waals surface area contributed by atoms with E-state index in [2.05, 4.69) is 17.1 Å². The summed E-state index contributed by atoms with van der Waals surface area (Å²) in [7, 11) is 0. The Kier molecular flexibility index (Phi) is 5.06. The van der Waals surface area contributed by atoms with Gasteiger partial charge in [0.05, 0.1) is 5.69 Å². The molecule has 2 aliphatic rings. The quantitative estimate of drug-likeness (QED) is 0.831. The van der Waals surface area contributed by atoms with Gasteiger partial charge in [-0.1, -0.05) is 12.2 Å². The maximum atomic E-state index is 12.4. The van der Waals surface area contributed by atoms with Crippen LogP contribution in [0.2, 0.25) is 0 Å². The summed E-state index contributed by atoms with van der Waals surface area (Å²) in [6.45, 7) is 2.60. The van der Waals surface area contributed by atoms with Crippen LogP contribution in [0.5, 0.6) is 5.75 Å². The Morgan fingerprint density at radius 3 is 2.76 bits per heavy atom. The van der Waals surface area contributed by atoms with Crippen LogP contribution in [0.25, 0.3) is 0 Å². The molecule has 6 heteroatoms. The van der Waals surface area contributed by atoms with Crippen molar-refractivity contribution in [2.75, 3.05) is 13.1 Å². The van der Waals surface area contributed by atoms with Gasteiger partial charge in [0.2, 0.25) is 11.5 Å². The minimum absolute atomic E-state index is 0.105. The smallest absolute Gasteiger partial charge is 0.348 e. The van der Waals surface area contributed by atoms with Crippen LogP contribution in [-0.2, 0) is 9.59 Å². The van der Waals surface area contributed by atoms with Crippen LogP contribution in [0.1, 0.15) is 37.8 Å². The Balaban J connectivity index is 1.64. The Morgan fingerprint density at radius 1 is 1.40 bits per heavy atom. The lowest BCUT2D eigenvalue weighted by Crippen LogP contribution is -2.54. The van der Waals surface area contributed by atoms with Crippen molar-refractivity contribution in [3.05, 3.63) is 36.2 Å². The number of piperidine rings is 1. The molecule has 1 aromatic rings. The Labute approximate surface area is 147 Å². The summed E-state index contributed by atoms with van der Waals surface area (Å²) in [6.07, 6.45) is 9.02. The SMILES string of the molecule is Cc1ncccc1OC1(C(=O)O)CCN(C(=O)C[C@@H]2C=CCC2)CC1. The van der Waals surface area contributed by atoms with E-state index >= 15 is 0 Å². The van der Waals surface area contributed by atoms with Gasteiger partial charge in [-0.3, -0.25) is 9.78 Å². The van der Waals surface area contributed by atoms with Crippen LogP contribution in [-0.4, -0.2) is 45.6 Å². The summed E-state index contributed by atoms with van der Waals surface area (Å²) in [4.78, 5) is 30.2. The molecule has 0 unspecified atom stereocenters. The molecule has 0 radical (unpaired) electrons. The molecule has 0 spiro atoms. The molecule has 0 aromatic carbocycles. The molecule has 25 heavy (non-hydrogen) atoms. The molecule has 3 rings (SSSR count). The van der Waals surface area contributed by atoms with Crippen LogP contribution in [0.15, 0.2) is 30.5 Å². The van der Waals surface area contributed by atoms with E-state index < -0.39 is 11.6 Å². The molecule has 6 nitrogen and oxygen atoms in total. The minimum atomic E-state index is -1.29. The van der Waals surface area contributed by atoms with Crippen molar-refractivity contribution in [3.63, 3.8) is 0 Å². The number of aliphatic carboxylic acids is 1. The summed E-state index contributed by atoms with van der Waals surface area (Å²) in [5, 5.41) is 9.74. The molecule has 134 valence electrons. The van der Waals surface area contributed by atoms with Gasteiger partial charge in [0.15, 0.2) is 0 Å². The number of aromatic nitrogens is 1. The fourth-order valence-electron chi connectivity index (χ4n) is 3.48. The number of allylic oxidation sites excluding steroid dienone is 2. The lowest BCUT2D eigenvalue weighted by molar-refractivity contribution is -0.162. The Bertz CT molecular complexity index is 678. The number of carboxylic acid groups (broad SMARTS) is 1. The first-order chi connectivity index (χ1) is 12.0. The lowest BCUT2D eigenvalue weighted by atomic mass is 9.90. The largest absolute Gasteiger partial charge is 0.478 e. The molecule has 2 heterocycles. The molecule has 0 bridgehead atoms. The highest BCUT2D eigenvalue weighted by Gasteiger charge is 2.45. The van der Waals surface area contributed by atoms with E-state index in [9.17, 15) is 14.7 Å². The third-order valence-corrected chi connectivity index (χ3v) is 5.13. The first-order valence-corrected chi connectivity index (χ1v) is 8.79. The monoisotopic (exact) mass is 344 g/mol. The van der Waals surface area contributed by atoms with E-state index in [0.29, 0.717) is 36.9 Å². The molecular formula is C19H24N2O4. The number of nitrogens with zero attached hydrogens (tertiary/aromatic N) is 2. The van der Waals surface area contributed by atoms with Crippen molar-refractivity contribution < 1.29 is 19.4 Å². The van der Waals surface area contributed by atoms with Crippen LogP contribution >= 0.6 is 0 Å². The van der Waals surface area contributed by atoms with Crippen LogP contribution in [0.4, 0.5) is 0 Å². The summed E-state index contributed by atoms with van der Waals surface area (Å²) in [5.74, 6) is -0.0663. The number of aryl methyl sites for hydroxylation is 1. The number of pyridine rings is 1. The predicted molar refractivity (Wildman–Crippen MR) is 92.3 cm³/mol. The van der Waals surface area contributed by atoms with Gasteiger partial charge in [-0.25, -0.2) is 4.79 Å². The van der Waals surface area contributed by atoms with Gasteiger partial charge in [0, 0.05) is 38.5 Å². The van der Waals surface area contributed by atoms with Gasteiger partial charge in [-0.05, 0) is 37.8 Å². The third-order valence-electron chi connectivity index (χ3n) is 5.13. The maximum absolute atomic E-state index is 12.4. The van der Waals surface area contributed by atoms with Crippen molar-refractivity contribution in [1.82, 2.24) is 9.88 Å². The number of likely N-dealkylation sites (tertiary alicyclic amines) is 1. The standard InChI is InChI=1S/C19H24N2O4/c1-14-16(7-4-10-20-14)25-19(18(23)24)8-11-21(12-9-19)17(22)13-15-5-2-3-6-15/h2,4-5,7,10,15H,3,6,8-9,11-13H2,1H3,(H,23,24)/t15-/m1/s1. The molecule has 1 fully saturated rings. The zero-order valence-electron chi connectivity index (χ0n) is 14.5. The van der Waals surface area contributed by atoms with Crippen molar-refractivity contribution in [2.24, 2.45) is 5.92 Å². The second kappa shape index (κ2) is 7.25. The molecule has 1 atom stereocenters. The molecule has 1 saturated heterocycles. The molecule has 1 aliphatic carbocycles. The van der Waals surface area contributed by atoms with Crippen molar-refractivity contribution >= 4 is 11.9 Å². The molecule has 1 N–H and O–H groups in total. The number of hydrogen-bond acceptors (Lipinski definition) is 4. The van der Waals surface area contributed by atoms with Gasteiger partial charge in [0.1, 0.15) is 5.75 Å². The number of rotatable bonds is 5. The van der Waals surface area contributed by atoms with E-state index in [1.54, 1.807) is 30.2 Å². The molecule has 1 amide bonds. The Morgan fingerprint density at radius 2 is 2.16 bits per heavy atom. The van der Waals surface area contributed by atoms with Crippen molar-refractivity contribution in [2.45, 2.75) is 44.6 Å². The predicted octanol–water partition coefficient (Wildman–Crippen LogP) is 2.57. The second-order valence-corrected chi connectivity index (χ2v) is 6.84. The second-order valence-electron chi connectivity index (χ2n) is 6.84. The highest BCUT2D eigenvalue weighted by atomic mass is 16.5. The fourth-order valence-corrected chi connectivity index (χ4v) is 3.48. The number of carbonyl (C=O) groups excluding carboxylic acids is 1.